The van der Waals surface area contributed by atoms with Crippen LogP contribution in [0.1, 0.15) is 20.3 Å². The third kappa shape index (κ3) is 5.37. The van der Waals surface area contributed by atoms with Crippen LogP contribution in [0.15, 0.2) is 40.9 Å². The first kappa shape index (κ1) is 16.8. The fourth-order valence-electron chi connectivity index (χ4n) is 1.90. The van der Waals surface area contributed by atoms with Gasteiger partial charge in [0.2, 0.25) is 0 Å². The summed E-state index contributed by atoms with van der Waals surface area (Å²) < 4.78 is 4.75. The molecule has 0 saturated carbocycles. The van der Waals surface area contributed by atoms with Crippen LogP contribution in [0.2, 0.25) is 0 Å². The number of carbonyl (C=O) groups excluding carboxylic acids is 1. The molecule has 0 aromatic heterocycles. The van der Waals surface area contributed by atoms with Crippen LogP contribution in [0.4, 0.5) is 0 Å². The second kappa shape index (κ2) is 8.80. The number of ether oxygens (including phenoxy) is 1. The van der Waals surface area contributed by atoms with E-state index in [0.717, 1.165) is 23.5 Å². The van der Waals surface area contributed by atoms with Gasteiger partial charge in [0.1, 0.15) is 0 Å². The fourth-order valence-corrected chi connectivity index (χ4v) is 2.48. The Morgan fingerprint density at radius 2 is 2.25 bits per heavy atom. The lowest BCUT2D eigenvalue weighted by Gasteiger charge is -2.08. The topological polar surface area (TPSA) is 38.7 Å². The molecule has 2 atom stereocenters. The van der Waals surface area contributed by atoms with E-state index in [1.54, 1.807) is 0 Å². The molecule has 0 aromatic carbocycles. The summed E-state index contributed by atoms with van der Waals surface area (Å²) in [5.74, 6) is 0.572. The molecule has 3 nitrogen and oxygen atoms in total. The van der Waals surface area contributed by atoms with Gasteiger partial charge in [0.25, 0.3) is 0 Å². The average Bonchev–Trinajstić information content (AvgIpc) is 2.70. The van der Waals surface area contributed by atoms with Crippen molar-refractivity contribution in [2.75, 3.05) is 19.1 Å². The molecule has 0 fully saturated rings. The van der Waals surface area contributed by atoms with Crippen LogP contribution in [0.3, 0.4) is 0 Å². The molecule has 0 heterocycles. The average molecular weight is 293 g/mol. The molecule has 20 heavy (non-hydrogen) atoms. The number of rotatable bonds is 6. The molecule has 1 rings (SSSR count). The summed E-state index contributed by atoms with van der Waals surface area (Å²) in [6, 6.07) is 0.320. The van der Waals surface area contributed by atoms with Crippen LogP contribution < -0.4 is 0 Å². The van der Waals surface area contributed by atoms with Gasteiger partial charge in [-0.2, -0.15) is 11.8 Å². The molecular formula is C16H23NO2S. The molecule has 0 N–H and O–H groups in total. The van der Waals surface area contributed by atoms with Crippen LogP contribution in [0.25, 0.3) is 0 Å². The normalized spacial score (nSPS) is 20.3. The van der Waals surface area contributed by atoms with Crippen LogP contribution in [0.5, 0.6) is 0 Å². The molecule has 1 aliphatic rings. The van der Waals surface area contributed by atoms with E-state index in [4.69, 9.17) is 9.73 Å². The molecule has 0 radical (unpaired) electrons. The molecule has 0 aliphatic heterocycles. The molecule has 0 aromatic rings. The summed E-state index contributed by atoms with van der Waals surface area (Å²) in [6.45, 7) is 4.14. The third-order valence-corrected chi connectivity index (χ3v) is 3.77. The van der Waals surface area contributed by atoms with Gasteiger partial charge in [-0.15, -0.1) is 0 Å². The summed E-state index contributed by atoms with van der Waals surface area (Å²) in [7, 11) is 1.41. The number of thioether (sulfide) groups is 1. The number of esters is 1. The summed E-state index contributed by atoms with van der Waals surface area (Å²) in [5, 5.41) is 0. The van der Waals surface area contributed by atoms with Crippen molar-refractivity contribution in [1.29, 1.82) is 0 Å². The van der Waals surface area contributed by atoms with Gasteiger partial charge in [-0.25, -0.2) is 0 Å². The van der Waals surface area contributed by atoms with E-state index in [9.17, 15) is 4.79 Å². The lowest BCUT2D eigenvalue weighted by molar-refractivity contribution is -0.142. The zero-order valence-corrected chi connectivity index (χ0v) is 13.4. The van der Waals surface area contributed by atoms with E-state index in [1.807, 2.05) is 49.1 Å². The predicted molar refractivity (Wildman–Crippen MR) is 87.4 cm³/mol. The van der Waals surface area contributed by atoms with Crippen molar-refractivity contribution >= 4 is 23.4 Å². The van der Waals surface area contributed by atoms with E-state index in [2.05, 4.69) is 13.2 Å². The quantitative estimate of drug-likeness (QED) is 0.556. The van der Waals surface area contributed by atoms with Crippen LogP contribution in [0, 0.1) is 5.92 Å². The van der Waals surface area contributed by atoms with Gasteiger partial charge in [-0.05, 0) is 37.9 Å². The van der Waals surface area contributed by atoms with Crippen LogP contribution in [-0.4, -0.2) is 36.8 Å². The molecule has 0 bridgehead atoms. The monoisotopic (exact) mass is 293 g/mol. The van der Waals surface area contributed by atoms with Gasteiger partial charge in [0.15, 0.2) is 0 Å². The maximum absolute atomic E-state index is 11.5. The minimum Gasteiger partial charge on any atom is -0.468 e. The Labute approximate surface area is 125 Å². The van der Waals surface area contributed by atoms with Gasteiger partial charge in [0, 0.05) is 11.8 Å². The van der Waals surface area contributed by atoms with Gasteiger partial charge < -0.3 is 4.74 Å². The molecule has 1 aliphatic carbocycles. The Morgan fingerprint density at radius 3 is 2.90 bits per heavy atom. The van der Waals surface area contributed by atoms with Gasteiger partial charge in [0.05, 0.1) is 13.0 Å². The Balaban J connectivity index is 2.73. The molecule has 0 saturated heterocycles. The second-order valence-corrected chi connectivity index (χ2v) is 5.75. The van der Waals surface area contributed by atoms with Crippen LogP contribution >= 0.6 is 11.8 Å². The number of hydrogen-bond acceptors (Lipinski definition) is 4. The first-order chi connectivity index (χ1) is 9.58. The fraction of sp³-hybridized carbons (Fsp3) is 0.500. The molecule has 0 spiro atoms. The summed E-state index contributed by atoms with van der Waals surface area (Å²) in [5.41, 5.74) is 2.05. The third-order valence-electron chi connectivity index (χ3n) is 3.12. The van der Waals surface area contributed by atoms with Crippen molar-refractivity contribution in [3.63, 3.8) is 0 Å². The highest BCUT2D eigenvalue weighted by molar-refractivity contribution is 7.98. The molecule has 1 unspecified atom stereocenters. The number of nitrogens with zero attached hydrogens (tertiary/aromatic N) is 1. The van der Waals surface area contributed by atoms with Crippen molar-refractivity contribution in [2.45, 2.75) is 26.3 Å². The summed E-state index contributed by atoms with van der Waals surface area (Å²) in [6.07, 6.45) is 12.7. The van der Waals surface area contributed by atoms with Crippen molar-refractivity contribution in [3.8, 4) is 0 Å². The Bertz CT molecular complexity index is 449. The van der Waals surface area contributed by atoms with Crippen molar-refractivity contribution in [3.05, 3.63) is 36.0 Å². The molecule has 0 amide bonds. The highest BCUT2D eigenvalue weighted by atomic mass is 32.2. The standard InChI is InChI=1S/C16H23NO2S/c1-12(10-11-20-4)17-13(2)14-6-5-7-15(9-8-14)16(18)19-3/h5-9,12,15H,10-11H2,1-4H3/t12-,15?/m0/s1. The maximum atomic E-state index is 11.5. The van der Waals surface area contributed by atoms with E-state index in [1.165, 1.54) is 7.11 Å². The van der Waals surface area contributed by atoms with Gasteiger partial charge in [-0.1, -0.05) is 30.4 Å². The first-order valence-corrected chi connectivity index (χ1v) is 8.16. The Hall–Kier alpha value is -1.29. The summed E-state index contributed by atoms with van der Waals surface area (Å²) >= 11 is 1.84. The van der Waals surface area contributed by atoms with E-state index < -0.39 is 0 Å². The predicted octanol–water partition coefficient (Wildman–Crippen LogP) is 3.43. The van der Waals surface area contributed by atoms with E-state index >= 15 is 0 Å². The molecule has 4 heteroatoms. The zero-order chi connectivity index (χ0) is 15.0. The van der Waals surface area contributed by atoms with Crippen molar-refractivity contribution in [2.24, 2.45) is 10.9 Å². The van der Waals surface area contributed by atoms with Gasteiger partial charge >= 0.3 is 5.97 Å². The van der Waals surface area contributed by atoms with E-state index in [0.29, 0.717) is 6.04 Å². The lowest BCUT2D eigenvalue weighted by Crippen LogP contribution is -2.11. The Morgan fingerprint density at radius 1 is 1.50 bits per heavy atom. The van der Waals surface area contributed by atoms with Crippen LogP contribution in [-0.2, 0) is 9.53 Å². The number of allylic oxidation sites excluding steroid dienone is 4. The minimum atomic E-state index is -0.310. The zero-order valence-electron chi connectivity index (χ0n) is 12.6. The van der Waals surface area contributed by atoms with Crippen molar-refractivity contribution in [1.82, 2.24) is 0 Å². The number of methoxy groups -OCH3 is 1. The number of aliphatic imine (C=N–C) groups is 1. The lowest BCUT2D eigenvalue weighted by atomic mass is 10.1. The van der Waals surface area contributed by atoms with E-state index in [-0.39, 0.29) is 11.9 Å². The van der Waals surface area contributed by atoms with Gasteiger partial charge in [-0.3, -0.25) is 9.79 Å². The smallest absolute Gasteiger partial charge is 0.316 e. The highest BCUT2D eigenvalue weighted by Crippen LogP contribution is 2.14. The Kier molecular flexibility index (Phi) is 7.37. The minimum absolute atomic E-state index is 0.241. The SMILES string of the molecule is COC(=O)C1C=CC=C(C(C)=N[C@@H](C)CCSC)C=C1. The molecular weight excluding hydrogens is 270 g/mol. The second-order valence-electron chi connectivity index (χ2n) is 4.76. The number of carbonyl (C=O) groups is 1. The highest BCUT2D eigenvalue weighted by Gasteiger charge is 2.13. The summed E-state index contributed by atoms with van der Waals surface area (Å²) in [4.78, 5) is 16.2. The van der Waals surface area contributed by atoms with Crippen molar-refractivity contribution < 1.29 is 9.53 Å². The number of hydrogen-bond donors (Lipinski definition) is 0. The first-order valence-electron chi connectivity index (χ1n) is 6.76. The largest absolute Gasteiger partial charge is 0.468 e. The maximum Gasteiger partial charge on any atom is 0.316 e. The molecule has 110 valence electrons.